The Morgan fingerprint density at radius 2 is 2.11 bits per heavy atom. The van der Waals surface area contributed by atoms with Crippen molar-refractivity contribution in [1.29, 1.82) is 0 Å². The number of carboxylic acids is 1. The smallest absolute Gasteiger partial charge is 0.339 e. The number of carbonyl (C=O) groups is 1. The fourth-order valence-electron chi connectivity index (χ4n) is 1.60. The van der Waals surface area contributed by atoms with Gasteiger partial charge in [-0.05, 0) is 39.3 Å². The van der Waals surface area contributed by atoms with Crippen molar-refractivity contribution in [2.24, 2.45) is 0 Å². The van der Waals surface area contributed by atoms with Gasteiger partial charge in [0.2, 0.25) is 0 Å². The fourth-order valence-corrected chi connectivity index (χ4v) is 1.60. The maximum atomic E-state index is 11.2. The van der Waals surface area contributed by atoms with E-state index in [1.165, 1.54) is 0 Å². The van der Waals surface area contributed by atoms with Crippen molar-refractivity contribution < 1.29 is 14.6 Å². The summed E-state index contributed by atoms with van der Waals surface area (Å²) in [7, 11) is 1.62. The van der Waals surface area contributed by atoms with Crippen LogP contribution in [0.25, 0.3) is 0 Å². The second kappa shape index (κ2) is 5.35. The number of carboxylic acid groups (broad SMARTS) is 1. The molecule has 0 saturated carbocycles. The molecule has 2 N–H and O–H groups in total. The zero-order chi connectivity index (χ0) is 13.9. The zero-order valence-corrected chi connectivity index (χ0v) is 11.5. The highest BCUT2D eigenvalue weighted by Crippen LogP contribution is 2.20. The van der Waals surface area contributed by atoms with E-state index in [2.05, 4.69) is 10.3 Å². The van der Waals surface area contributed by atoms with Gasteiger partial charge in [0.25, 0.3) is 0 Å². The minimum atomic E-state index is -0.974. The molecule has 0 atom stereocenters. The van der Waals surface area contributed by atoms with Gasteiger partial charge < -0.3 is 15.2 Å². The second-order valence-electron chi connectivity index (χ2n) is 4.93. The van der Waals surface area contributed by atoms with Crippen molar-refractivity contribution in [2.45, 2.75) is 33.3 Å². The van der Waals surface area contributed by atoms with Crippen LogP contribution >= 0.6 is 0 Å². The Morgan fingerprint density at radius 1 is 1.50 bits per heavy atom. The Balaban J connectivity index is 3.04. The molecule has 0 unspecified atom stereocenters. The molecule has 0 aliphatic rings. The molecular formula is C13H20N2O3. The fraction of sp³-hybridized carbons (Fsp3) is 0.538. The lowest BCUT2D eigenvalue weighted by Gasteiger charge is -2.24. The first-order valence-electron chi connectivity index (χ1n) is 5.77. The van der Waals surface area contributed by atoms with Gasteiger partial charge in [-0.2, -0.15) is 0 Å². The molecule has 1 heterocycles. The van der Waals surface area contributed by atoms with Gasteiger partial charge in [0, 0.05) is 19.3 Å². The molecule has 1 rings (SSSR count). The predicted octanol–water partition coefficient (Wildman–Crippen LogP) is 2.23. The van der Waals surface area contributed by atoms with Gasteiger partial charge in [-0.25, -0.2) is 9.78 Å². The molecule has 5 nitrogen and oxygen atoms in total. The highest BCUT2D eigenvalue weighted by molar-refractivity contribution is 5.94. The summed E-state index contributed by atoms with van der Waals surface area (Å²) in [5.74, 6) is -0.581. The minimum absolute atomic E-state index is 0.215. The lowest BCUT2D eigenvalue weighted by atomic mass is 10.1. The molecule has 0 saturated heterocycles. The van der Waals surface area contributed by atoms with Crippen molar-refractivity contribution in [2.75, 3.05) is 19.0 Å². The lowest BCUT2D eigenvalue weighted by Crippen LogP contribution is -2.32. The predicted molar refractivity (Wildman–Crippen MR) is 70.2 cm³/mol. The minimum Gasteiger partial charge on any atom is -0.478 e. The van der Waals surface area contributed by atoms with E-state index in [9.17, 15) is 9.90 Å². The van der Waals surface area contributed by atoms with Crippen LogP contribution in [0.5, 0.6) is 0 Å². The van der Waals surface area contributed by atoms with E-state index in [1.54, 1.807) is 20.1 Å². The molecule has 18 heavy (non-hydrogen) atoms. The standard InChI is InChI=1S/C13H20N2O3/c1-8-6-9(2)15-11(10(8)12(16)17)14-7-13(3,4)18-5/h6H,7H2,1-5H3,(H,14,15)(H,16,17). The second-order valence-corrected chi connectivity index (χ2v) is 4.93. The summed E-state index contributed by atoms with van der Waals surface area (Å²) in [5, 5.41) is 12.3. The molecule has 0 aliphatic heterocycles. The summed E-state index contributed by atoms with van der Waals surface area (Å²) in [6.45, 7) is 7.93. The van der Waals surface area contributed by atoms with Gasteiger partial charge in [-0.3, -0.25) is 0 Å². The first kappa shape index (κ1) is 14.4. The van der Waals surface area contributed by atoms with E-state index in [4.69, 9.17) is 4.74 Å². The van der Waals surface area contributed by atoms with Crippen LogP contribution in [-0.4, -0.2) is 35.3 Å². The van der Waals surface area contributed by atoms with Crippen molar-refractivity contribution in [3.63, 3.8) is 0 Å². The molecular weight excluding hydrogens is 232 g/mol. The third-order valence-corrected chi connectivity index (χ3v) is 2.79. The van der Waals surface area contributed by atoms with Crippen LogP contribution in [0.15, 0.2) is 6.07 Å². The van der Waals surface area contributed by atoms with Gasteiger partial charge >= 0.3 is 5.97 Å². The van der Waals surface area contributed by atoms with E-state index >= 15 is 0 Å². The Hall–Kier alpha value is -1.62. The van der Waals surface area contributed by atoms with Crippen LogP contribution in [0.4, 0.5) is 5.82 Å². The number of nitrogens with zero attached hydrogens (tertiary/aromatic N) is 1. The topological polar surface area (TPSA) is 71.5 Å². The summed E-state index contributed by atoms with van der Waals surface area (Å²) in [5.41, 5.74) is 1.32. The molecule has 0 aliphatic carbocycles. The summed E-state index contributed by atoms with van der Waals surface area (Å²) in [6.07, 6.45) is 0. The number of hydrogen-bond donors (Lipinski definition) is 2. The van der Waals surface area contributed by atoms with Crippen LogP contribution in [-0.2, 0) is 4.74 Å². The number of aromatic carboxylic acids is 1. The molecule has 0 bridgehead atoms. The number of rotatable bonds is 5. The first-order chi connectivity index (χ1) is 8.26. The number of hydrogen-bond acceptors (Lipinski definition) is 4. The van der Waals surface area contributed by atoms with E-state index in [0.717, 1.165) is 5.69 Å². The molecule has 100 valence electrons. The maximum Gasteiger partial charge on any atom is 0.339 e. The average molecular weight is 252 g/mol. The first-order valence-corrected chi connectivity index (χ1v) is 5.77. The average Bonchev–Trinajstić information content (AvgIpc) is 2.25. The van der Waals surface area contributed by atoms with E-state index in [1.807, 2.05) is 20.8 Å². The molecule has 0 radical (unpaired) electrons. The molecule has 0 aromatic carbocycles. The summed E-state index contributed by atoms with van der Waals surface area (Å²) < 4.78 is 5.28. The number of anilines is 1. The van der Waals surface area contributed by atoms with Gasteiger partial charge in [0.05, 0.1) is 5.60 Å². The third kappa shape index (κ3) is 3.43. The molecule has 0 fully saturated rings. The number of aromatic nitrogens is 1. The number of methoxy groups -OCH3 is 1. The Bertz CT molecular complexity index is 456. The van der Waals surface area contributed by atoms with Crippen molar-refractivity contribution in [1.82, 2.24) is 4.98 Å². The Morgan fingerprint density at radius 3 is 2.61 bits per heavy atom. The molecule has 5 heteroatoms. The molecule has 0 spiro atoms. The van der Waals surface area contributed by atoms with E-state index in [-0.39, 0.29) is 11.2 Å². The van der Waals surface area contributed by atoms with E-state index < -0.39 is 5.97 Å². The SMILES string of the molecule is COC(C)(C)CNc1nc(C)cc(C)c1C(=O)O. The summed E-state index contributed by atoms with van der Waals surface area (Å²) >= 11 is 0. The van der Waals surface area contributed by atoms with E-state index in [0.29, 0.717) is 17.9 Å². The van der Waals surface area contributed by atoms with Crippen LogP contribution in [0.3, 0.4) is 0 Å². The largest absolute Gasteiger partial charge is 0.478 e. The van der Waals surface area contributed by atoms with Gasteiger partial charge in [-0.1, -0.05) is 0 Å². The van der Waals surface area contributed by atoms with Crippen molar-refractivity contribution in [3.8, 4) is 0 Å². The summed E-state index contributed by atoms with van der Waals surface area (Å²) in [6, 6.07) is 1.76. The lowest BCUT2D eigenvalue weighted by molar-refractivity contribution is 0.0342. The monoisotopic (exact) mass is 252 g/mol. The number of pyridine rings is 1. The number of aryl methyl sites for hydroxylation is 2. The highest BCUT2D eigenvalue weighted by atomic mass is 16.5. The maximum absolute atomic E-state index is 11.2. The number of ether oxygens (including phenoxy) is 1. The van der Waals surface area contributed by atoms with Crippen LogP contribution in [0.2, 0.25) is 0 Å². The normalized spacial score (nSPS) is 11.4. The number of nitrogens with one attached hydrogen (secondary N) is 1. The highest BCUT2D eigenvalue weighted by Gasteiger charge is 2.20. The molecule has 1 aromatic rings. The van der Waals surface area contributed by atoms with Gasteiger partial charge in [0.15, 0.2) is 0 Å². The zero-order valence-electron chi connectivity index (χ0n) is 11.5. The van der Waals surface area contributed by atoms with Gasteiger partial charge in [0.1, 0.15) is 11.4 Å². The quantitative estimate of drug-likeness (QED) is 0.840. The molecule has 1 aromatic heterocycles. The van der Waals surface area contributed by atoms with Crippen LogP contribution < -0.4 is 5.32 Å². The Labute approximate surface area is 107 Å². The van der Waals surface area contributed by atoms with Crippen LogP contribution in [0.1, 0.15) is 35.5 Å². The summed E-state index contributed by atoms with van der Waals surface area (Å²) in [4.78, 5) is 15.5. The third-order valence-electron chi connectivity index (χ3n) is 2.79. The van der Waals surface area contributed by atoms with Crippen molar-refractivity contribution in [3.05, 3.63) is 22.9 Å². The van der Waals surface area contributed by atoms with Crippen molar-refractivity contribution >= 4 is 11.8 Å². The molecule has 0 amide bonds. The van der Waals surface area contributed by atoms with Gasteiger partial charge in [-0.15, -0.1) is 0 Å². The van der Waals surface area contributed by atoms with Crippen LogP contribution in [0, 0.1) is 13.8 Å². The Kier molecular flexibility index (Phi) is 4.29.